The number of likely N-dealkylation sites (tertiary alicyclic amines) is 1. The van der Waals surface area contributed by atoms with Crippen molar-refractivity contribution < 1.29 is 27.5 Å². The lowest BCUT2D eigenvalue weighted by atomic mass is 10.1. The normalized spacial score (nSPS) is 19.4. The average molecular weight is 392 g/mol. The van der Waals surface area contributed by atoms with Crippen LogP contribution >= 0.6 is 0 Å². The molecule has 1 fully saturated rings. The summed E-state index contributed by atoms with van der Waals surface area (Å²) >= 11 is 0. The molecule has 3 rings (SSSR count). The van der Waals surface area contributed by atoms with Crippen molar-refractivity contribution in [3.8, 4) is 0 Å². The van der Waals surface area contributed by atoms with Gasteiger partial charge in [-0.05, 0) is 36.8 Å². The Bertz CT molecular complexity index is 891. The summed E-state index contributed by atoms with van der Waals surface area (Å²) in [5.41, 5.74) is -0.0123. The predicted octanol–water partition coefficient (Wildman–Crippen LogP) is 2.65. The summed E-state index contributed by atoms with van der Waals surface area (Å²) < 4.78 is 46.0. The van der Waals surface area contributed by atoms with Crippen molar-refractivity contribution in [2.75, 3.05) is 13.7 Å². The number of hydrogen-bond acceptors (Lipinski definition) is 4. The van der Waals surface area contributed by atoms with Crippen molar-refractivity contribution >= 4 is 11.9 Å². The van der Waals surface area contributed by atoms with Gasteiger partial charge in [0, 0.05) is 24.7 Å². The van der Waals surface area contributed by atoms with Crippen LogP contribution in [-0.2, 0) is 16.1 Å². The molecule has 8 heteroatoms. The highest BCUT2D eigenvalue weighted by atomic mass is 19.1. The standard InChI is InChI=1S/C20H19F3N2O3/c1-28-20(27)18-9-14(24-19(26)15-4-2-3-5-17(15)23)11-25(18)10-12-8-13(21)6-7-16(12)22/h2-8,14,18H,9-11H2,1H3,(H,24,26)/t14-,18+/m1/s1. The van der Waals surface area contributed by atoms with Crippen LogP contribution in [0.2, 0.25) is 0 Å². The van der Waals surface area contributed by atoms with E-state index in [1.807, 2.05) is 0 Å². The molecule has 148 valence electrons. The van der Waals surface area contributed by atoms with Crippen LogP contribution in [0.4, 0.5) is 13.2 Å². The van der Waals surface area contributed by atoms with Crippen LogP contribution in [-0.4, -0.2) is 42.5 Å². The van der Waals surface area contributed by atoms with Crippen molar-refractivity contribution in [2.45, 2.75) is 25.0 Å². The van der Waals surface area contributed by atoms with E-state index in [0.717, 1.165) is 18.2 Å². The minimum atomic E-state index is -0.737. The lowest BCUT2D eigenvalue weighted by Gasteiger charge is -2.22. The highest BCUT2D eigenvalue weighted by Crippen LogP contribution is 2.24. The largest absolute Gasteiger partial charge is 0.468 e. The maximum atomic E-state index is 14.0. The first-order chi connectivity index (χ1) is 13.4. The number of halogens is 3. The number of benzene rings is 2. The quantitative estimate of drug-likeness (QED) is 0.795. The summed E-state index contributed by atoms with van der Waals surface area (Å²) in [5.74, 6) is -2.98. The maximum Gasteiger partial charge on any atom is 0.323 e. The number of carbonyl (C=O) groups is 2. The molecular formula is C20H19F3N2O3. The molecule has 1 heterocycles. The molecular weight excluding hydrogens is 373 g/mol. The number of esters is 1. The average Bonchev–Trinajstić information content (AvgIpc) is 3.06. The number of amides is 1. The van der Waals surface area contributed by atoms with Crippen LogP contribution < -0.4 is 5.32 Å². The van der Waals surface area contributed by atoms with Crippen molar-refractivity contribution in [3.63, 3.8) is 0 Å². The van der Waals surface area contributed by atoms with Gasteiger partial charge in [-0.15, -0.1) is 0 Å². The van der Waals surface area contributed by atoms with Crippen LogP contribution in [0.25, 0.3) is 0 Å². The zero-order chi connectivity index (χ0) is 20.3. The summed E-state index contributed by atoms with van der Waals surface area (Å²) in [6.07, 6.45) is 0.212. The molecule has 1 aliphatic heterocycles. The number of nitrogens with zero attached hydrogens (tertiary/aromatic N) is 1. The molecule has 0 aromatic heterocycles. The second-order valence-electron chi connectivity index (χ2n) is 6.59. The topological polar surface area (TPSA) is 58.6 Å². The van der Waals surface area contributed by atoms with E-state index < -0.39 is 41.4 Å². The van der Waals surface area contributed by atoms with Gasteiger partial charge in [0.05, 0.1) is 12.7 Å². The molecule has 0 aliphatic carbocycles. The molecule has 1 saturated heterocycles. The van der Waals surface area contributed by atoms with Gasteiger partial charge in [0.1, 0.15) is 23.5 Å². The zero-order valence-electron chi connectivity index (χ0n) is 15.1. The first-order valence-electron chi connectivity index (χ1n) is 8.70. The van der Waals surface area contributed by atoms with Gasteiger partial charge < -0.3 is 10.1 Å². The van der Waals surface area contributed by atoms with E-state index in [0.29, 0.717) is 0 Å². The predicted molar refractivity (Wildman–Crippen MR) is 94.8 cm³/mol. The number of methoxy groups -OCH3 is 1. The minimum Gasteiger partial charge on any atom is -0.468 e. The Morgan fingerprint density at radius 3 is 2.61 bits per heavy atom. The van der Waals surface area contributed by atoms with E-state index in [1.165, 1.54) is 25.3 Å². The zero-order valence-corrected chi connectivity index (χ0v) is 15.1. The molecule has 2 aromatic rings. The molecule has 1 N–H and O–H groups in total. The lowest BCUT2D eigenvalue weighted by Crippen LogP contribution is -2.38. The van der Waals surface area contributed by atoms with Gasteiger partial charge in [0.2, 0.25) is 0 Å². The maximum absolute atomic E-state index is 14.0. The molecule has 0 saturated carbocycles. The molecule has 28 heavy (non-hydrogen) atoms. The number of hydrogen-bond donors (Lipinski definition) is 1. The molecule has 0 unspecified atom stereocenters. The Kier molecular flexibility index (Phi) is 5.99. The summed E-state index contributed by atoms with van der Waals surface area (Å²) in [5, 5.41) is 2.69. The third-order valence-electron chi connectivity index (χ3n) is 4.71. The van der Waals surface area contributed by atoms with Crippen molar-refractivity contribution in [2.24, 2.45) is 0 Å². The van der Waals surface area contributed by atoms with E-state index in [1.54, 1.807) is 11.0 Å². The smallest absolute Gasteiger partial charge is 0.323 e. The number of ether oxygens (including phenoxy) is 1. The van der Waals surface area contributed by atoms with E-state index in [4.69, 9.17) is 4.74 Å². The number of rotatable bonds is 5. The second-order valence-corrected chi connectivity index (χ2v) is 6.59. The fourth-order valence-corrected chi connectivity index (χ4v) is 3.36. The van der Waals surface area contributed by atoms with Crippen LogP contribution in [0, 0.1) is 17.5 Å². The van der Waals surface area contributed by atoms with Crippen LogP contribution in [0.15, 0.2) is 42.5 Å². The van der Waals surface area contributed by atoms with E-state index >= 15 is 0 Å². The second kappa shape index (κ2) is 8.43. The summed E-state index contributed by atoms with van der Waals surface area (Å²) in [7, 11) is 1.23. The Labute approximate surface area is 160 Å². The van der Waals surface area contributed by atoms with Crippen LogP contribution in [0.1, 0.15) is 22.3 Å². The monoisotopic (exact) mass is 392 g/mol. The molecule has 2 atom stereocenters. The molecule has 1 amide bonds. The molecule has 1 aliphatic rings. The van der Waals surface area contributed by atoms with Crippen molar-refractivity contribution in [1.82, 2.24) is 10.2 Å². The molecule has 0 radical (unpaired) electrons. The third kappa shape index (κ3) is 4.33. The molecule has 2 aromatic carbocycles. The fourth-order valence-electron chi connectivity index (χ4n) is 3.36. The third-order valence-corrected chi connectivity index (χ3v) is 4.71. The lowest BCUT2D eigenvalue weighted by molar-refractivity contribution is -0.146. The van der Waals surface area contributed by atoms with E-state index in [2.05, 4.69) is 5.32 Å². The van der Waals surface area contributed by atoms with Crippen LogP contribution in [0.5, 0.6) is 0 Å². The number of nitrogens with one attached hydrogen (secondary N) is 1. The Hall–Kier alpha value is -2.87. The highest BCUT2D eigenvalue weighted by molar-refractivity contribution is 5.94. The Morgan fingerprint density at radius 1 is 1.14 bits per heavy atom. The summed E-state index contributed by atoms with van der Waals surface area (Å²) in [6, 6.07) is 7.44. The summed E-state index contributed by atoms with van der Waals surface area (Å²) in [6.45, 7) is 0.172. The van der Waals surface area contributed by atoms with Gasteiger partial charge >= 0.3 is 5.97 Å². The molecule has 0 bridgehead atoms. The minimum absolute atomic E-state index is 0.0323. The van der Waals surface area contributed by atoms with Crippen molar-refractivity contribution in [1.29, 1.82) is 0 Å². The number of carbonyl (C=O) groups excluding carboxylic acids is 2. The fraction of sp³-hybridized carbons (Fsp3) is 0.300. The van der Waals surface area contributed by atoms with Gasteiger partial charge in [-0.3, -0.25) is 14.5 Å². The van der Waals surface area contributed by atoms with Gasteiger partial charge in [-0.25, -0.2) is 13.2 Å². The van der Waals surface area contributed by atoms with Gasteiger partial charge in [-0.1, -0.05) is 12.1 Å². The Balaban J connectivity index is 1.75. The van der Waals surface area contributed by atoms with Crippen LogP contribution in [0.3, 0.4) is 0 Å². The van der Waals surface area contributed by atoms with Gasteiger partial charge in [0.15, 0.2) is 0 Å². The molecule has 5 nitrogen and oxygen atoms in total. The van der Waals surface area contributed by atoms with Gasteiger partial charge in [0.25, 0.3) is 5.91 Å². The molecule has 0 spiro atoms. The summed E-state index contributed by atoms with van der Waals surface area (Å²) in [4.78, 5) is 26.1. The van der Waals surface area contributed by atoms with Gasteiger partial charge in [-0.2, -0.15) is 0 Å². The first-order valence-corrected chi connectivity index (χ1v) is 8.70. The highest BCUT2D eigenvalue weighted by Gasteiger charge is 2.38. The van der Waals surface area contributed by atoms with E-state index in [9.17, 15) is 22.8 Å². The SMILES string of the molecule is COC(=O)[C@@H]1C[C@@H](NC(=O)c2ccccc2F)CN1Cc1cc(F)ccc1F. The van der Waals surface area contributed by atoms with Crippen molar-refractivity contribution in [3.05, 3.63) is 71.0 Å². The Morgan fingerprint density at radius 2 is 1.89 bits per heavy atom. The van der Waals surface area contributed by atoms with E-state index in [-0.39, 0.29) is 30.6 Å². The first kappa shape index (κ1) is 19.9.